The van der Waals surface area contributed by atoms with Crippen molar-refractivity contribution >= 4 is 23.5 Å². The van der Waals surface area contributed by atoms with Crippen molar-refractivity contribution in [1.82, 2.24) is 15.2 Å². The second-order valence-corrected chi connectivity index (χ2v) is 8.03. The van der Waals surface area contributed by atoms with E-state index in [1.807, 2.05) is 45.0 Å². The highest BCUT2D eigenvalue weighted by Gasteiger charge is 2.43. The van der Waals surface area contributed by atoms with Gasteiger partial charge in [0.15, 0.2) is 0 Å². The molecule has 1 unspecified atom stereocenters. The Hall–Kier alpha value is -3.87. The molecule has 0 saturated carbocycles. The van der Waals surface area contributed by atoms with E-state index in [0.717, 1.165) is 22.6 Å². The Morgan fingerprint density at radius 1 is 1.00 bits per heavy atom. The van der Waals surface area contributed by atoms with Gasteiger partial charge in [0.25, 0.3) is 11.8 Å². The predicted octanol–water partition coefficient (Wildman–Crippen LogP) is 3.71. The number of amides is 4. The minimum absolute atomic E-state index is 0.241. The Morgan fingerprint density at radius 3 is 2.42 bits per heavy atom. The van der Waals surface area contributed by atoms with E-state index in [1.165, 1.54) is 0 Å². The van der Waals surface area contributed by atoms with E-state index >= 15 is 0 Å². The number of nitrogens with zero attached hydrogens (tertiary/aromatic N) is 1. The first-order valence-corrected chi connectivity index (χ1v) is 10.0. The van der Waals surface area contributed by atoms with Crippen LogP contribution in [-0.2, 0) is 10.3 Å². The van der Waals surface area contributed by atoms with Crippen LogP contribution in [0, 0.1) is 20.8 Å². The summed E-state index contributed by atoms with van der Waals surface area (Å²) in [6.45, 7) is 7.55. The second-order valence-electron chi connectivity index (χ2n) is 8.03. The molecule has 7 heteroatoms. The van der Waals surface area contributed by atoms with Gasteiger partial charge in [0.05, 0.1) is 5.56 Å². The first kappa shape index (κ1) is 20.4. The molecule has 4 rings (SSSR count). The van der Waals surface area contributed by atoms with Crippen LogP contribution in [0.2, 0.25) is 0 Å². The molecule has 2 heterocycles. The van der Waals surface area contributed by atoms with E-state index in [2.05, 4.69) is 26.6 Å². The Kier molecular flexibility index (Phi) is 4.89. The molecule has 4 amide bonds. The predicted molar refractivity (Wildman–Crippen MR) is 118 cm³/mol. The lowest BCUT2D eigenvalue weighted by molar-refractivity contribution is -0.123. The van der Waals surface area contributed by atoms with Crippen LogP contribution in [0.4, 0.5) is 10.5 Å². The van der Waals surface area contributed by atoms with Crippen LogP contribution < -0.4 is 16.0 Å². The van der Waals surface area contributed by atoms with Crippen LogP contribution in [0.25, 0.3) is 5.69 Å². The van der Waals surface area contributed by atoms with E-state index in [0.29, 0.717) is 16.8 Å². The van der Waals surface area contributed by atoms with Gasteiger partial charge in [-0.2, -0.15) is 0 Å². The molecule has 1 atom stereocenters. The largest absolute Gasteiger partial charge is 0.322 e. The van der Waals surface area contributed by atoms with Crippen LogP contribution in [0.3, 0.4) is 0 Å². The fraction of sp³-hybridized carbons (Fsp3) is 0.208. The van der Waals surface area contributed by atoms with Gasteiger partial charge in [0.1, 0.15) is 5.54 Å². The van der Waals surface area contributed by atoms with Gasteiger partial charge >= 0.3 is 6.03 Å². The van der Waals surface area contributed by atoms with Gasteiger partial charge in [-0.1, -0.05) is 24.3 Å². The molecule has 0 spiro atoms. The van der Waals surface area contributed by atoms with Crippen molar-refractivity contribution in [2.45, 2.75) is 33.2 Å². The lowest BCUT2D eigenvalue weighted by Crippen LogP contribution is -2.40. The molecular formula is C24H24N4O3. The maximum Gasteiger partial charge on any atom is 0.322 e. The highest BCUT2D eigenvalue weighted by molar-refractivity contribution is 6.08. The number of rotatable bonds is 4. The molecule has 1 fully saturated rings. The number of aromatic nitrogens is 1. The first-order chi connectivity index (χ1) is 14.7. The van der Waals surface area contributed by atoms with Gasteiger partial charge in [-0.25, -0.2) is 4.79 Å². The number of hydrogen-bond acceptors (Lipinski definition) is 3. The number of imide groups is 1. The van der Waals surface area contributed by atoms with E-state index in [-0.39, 0.29) is 5.91 Å². The Balaban J connectivity index is 1.62. The fourth-order valence-electron chi connectivity index (χ4n) is 4.01. The van der Waals surface area contributed by atoms with E-state index < -0.39 is 17.5 Å². The van der Waals surface area contributed by atoms with Crippen molar-refractivity contribution in [3.63, 3.8) is 0 Å². The lowest BCUT2D eigenvalue weighted by Gasteiger charge is -2.21. The summed E-state index contributed by atoms with van der Waals surface area (Å²) in [6.07, 6.45) is 0. The number of benzene rings is 2. The van der Waals surface area contributed by atoms with Crippen molar-refractivity contribution in [3.8, 4) is 5.69 Å². The van der Waals surface area contributed by atoms with Gasteiger partial charge in [-0.3, -0.25) is 14.9 Å². The van der Waals surface area contributed by atoms with Crippen LogP contribution in [0.1, 0.15) is 39.8 Å². The summed E-state index contributed by atoms with van der Waals surface area (Å²) in [5, 5.41) is 7.80. The molecule has 7 nitrogen and oxygen atoms in total. The summed E-state index contributed by atoms with van der Waals surface area (Å²) in [6, 6.07) is 16.4. The second kappa shape index (κ2) is 7.43. The zero-order valence-corrected chi connectivity index (χ0v) is 17.9. The van der Waals surface area contributed by atoms with E-state index in [9.17, 15) is 14.4 Å². The number of anilines is 1. The average molecular weight is 416 g/mol. The Morgan fingerprint density at radius 2 is 1.74 bits per heavy atom. The molecule has 1 aliphatic rings. The summed E-state index contributed by atoms with van der Waals surface area (Å²) < 4.78 is 2.05. The van der Waals surface area contributed by atoms with Gasteiger partial charge in [-0.05, 0) is 69.2 Å². The normalized spacial score (nSPS) is 17.9. The third-order valence-corrected chi connectivity index (χ3v) is 5.68. The van der Waals surface area contributed by atoms with Crippen LogP contribution in [-0.4, -0.2) is 22.4 Å². The third kappa shape index (κ3) is 3.59. The quantitative estimate of drug-likeness (QED) is 0.566. The highest BCUT2D eigenvalue weighted by Crippen LogP contribution is 2.27. The van der Waals surface area contributed by atoms with Crippen molar-refractivity contribution < 1.29 is 14.4 Å². The number of carbonyl (C=O) groups excluding carboxylic acids is 3. The number of urea groups is 1. The van der Waals surface area contributed by atoms with E-state index in [1.54, 1.807) is 31.2 Å². The Bertz CT molecular complexity index is 1230. The molecular weight excluding hydrogens is 392 g/mol. The molecule has 1 saturated heterocycles. The number of aryl methyl sites for hydroxylation is 2. The maximum atomic E-state index is 13.1. The number of nitrogens with one attached hydrogen (secondary N) is 3. The molecule has 158 valence electrons. The zero-order chi connectivity index (χ0) is 22.3. The molecule has 0 aliphatic carbocycles. The minimum atomic E-state index is -1.18. The minimum Gasteiger partial charge on any atom is -0.322 e. The average Bonchev–Trinajstić information content (AvgIpc) is 3.16. The summed E-state index contributed by atoms with van der Waals surface area (Å²) >= 11 is 0. The summed E-state index contributed by atoms with van der Waals surface area (Å²) in [4.78, 5) is 36.9. The topological polar surface area (TPSA) is 92.2 Å². The van der Waals surface area contributed by atoms with Crippen LogP contribution in [0.5, 0.6) is 0 Å². The fourth-order valence-corrected chi connectivity index (χ4v) is 4.01. The number of carbonyl (C=O) groups is 3. The van der Waals surface area contributed by atoms with E-state index in [4.69, 9.17) is 0 Å². The SMILES string of the molecule is Cc1cccc(-n2c(C)cc(C(=O)Nc3cccc(C4(C)NC(=O)NC4=O)c3)c2C)c1. The third-order valence-electron chi connectivity index (χ3n) is 5.68. The van der Waals surface area contributed by atoms with Crippen molar-refractivity contribution in [2.75, 3.05) is 5.32 Å². The summed E-state index contributed by atoms with van der Waals surface area (Å²) in [5.74, 6) is -0.670. The standard InChI is InChI=1S/C24H24N4O3/c1-14-7-5-10-19(11-14)28-15(2)12-20(16(28)3)21(29)25-18-9-6-8-17(13-18)24(4)22(30)26-23(31)27-24/h5-13H,1-4H3,(H,25,29)(H2,26,27,30,31). The van der Waals surface area contributed by atoms with Crippen molar-refractivity contribution in [2.24, 2.45) is 0 Å². The molecule has 31 heavy (non-hydrogen) atoms. The van der Waals surface area contributed by atoms with Gasteiger partial charge in [-0.15, -0.1) is 0 Å². The summed E-state index contributed by atoms with van der Waals surface area (Å²) in [5.41, 5.74) is 4.46. The van der Waals surface area contributed by atoms with Crippen molar-refractivity contribution in [3.05, 3.63) is 82.7 Å². The molecule has 3 N–H and O–H groups in total. The van der Waals surface area contributed by atoms with Crippen molar-refractivity contribution in [1.29, 1.82) is 0 Å². The van der Waals surface area contributed by atoms with Gasteiger partial charge < -0.3 is 15.2 Å². The maximum absolute atomic E-state index is 13.1. The van der Waals surface area contributed by atoms with Gasteiger partial charge in [0.2, 0.25) is 0 Å². The molecule has 0 radical (unpaired) electrons. The highest BCUT2D eigenvalue weighted by atomic mass is 16.2. The van der Waals surface area contributed by atoms with Gasteiger partial charge in [0, 0.05) is 22.8 Å². The smallest absolute Gasteiger partial charge is 0.322 e. The molecule has 0 bridgehead atoms. The first-order valence-electron chi connectivity index (χ1n) is 10.0. The monoisotopic (exact) mass is 416 g/mol. The molecule has 1 aliphatic heterocycles. The zero-order valence-electron chi connectivity index (χ0n) is 17.9. The summed E-state index contributed by atoms with van der Waals surface area (Å²) in [7, 11) is 0. The molecule has 1 aromatic heterocycles. The molecule has 2 aromatic carbocycles. The molecule has 3 aromatic rings. The number of hydrogen-bond donors (Lipinski definition) is 3. The Labute approximate surface area is 180 Å². The van der Waals surface area contributed by atoms with Crippen LogP contribution >= 0.6 is 0 Å². The van der Waals surface area contributed by atoms with Crippen LogP contribution in [0.15, 0.2) is 54.6 Å². The lowest BCUT2D eigenvalue weighted by atomic mass is 9.92.